The van der Waals surface area contributed by atoms with Crippen molar-refractivity contribution >= 4 is 18.0 Å². The Balaban J connectivity index is 0.000000527. The number of cyclic esters (lactones) is 1. The minimum atomic E-state index is -0.634. The quantitative estimate of drug-likeness (QED) is 0.273. The standard InChI is InChI=1S/C22H27NO5.C6H13N/c1-15-9-6-4-3-5-7-10-17(23-11-8-12-24)13-18-16(2)19(25)14-20(26)21(18)22(27)28-15;1-7-5-3-2-4-6-7/h4,6-7,10,12,14-15,25-26H,3,5,8-9,11,13H2,1-2H3;2-6H2,1H3/b6-4+,10-7+,23-17?;/t15-;/m1./s1. The van der Waals surface area contributed by atoms with Crippen molar-refractivity contribution in [1.82, 2.24) is 4.90 Å². The van der Waals surface area contributed by atoms with Gasteiger partial charge in [-0.15, -0.1) is 0 Å². The minimum absolute atomic E-state index is 0.0414. The van der Waals surface area contributed by atoms with Gasteiger partial charge in [-0.2, -0.15) is 0 Å². The molecule has 0 saturated carbocycles. The maximum atomic E-state index is 12.7. The van der Waals surface area contributed by atoms with Crippen LogP contribution in [0.3, 0.4) is 0 Å². The molecule has 7 nitrogen and oxygen atoms in total. The smallest absolute Gasteiger partial charge is 0.342 e. The molecule has 35 heavy (non-hydrogen) atoms. The van der Waals surface area contributed by atoms with Crippen LogP contribution >= 0.6 is 0 Å². The number of carbonyl (C=O) groups is 2. The SMILES string of the molecule is CN1CCCCC1.Cc1c(O)cc(O)c2c1CC(=NCCC=O)/C=C/CC/C=C/C[C@@H](C)OC2=O. The summed E-state index contributed by atoms with van der Waals surface area (Å²) in [6.45, 7) is 6.46. The van der Waals surface area contributed by atoms with Gasteiger partial charge < -0.3 is 24.6 Å². The Hall–Kier alpha value is -2.93. The second kappa shape index (κ2) is 15.1. The summed E-state index contributed by atoms with van der Waals surface area (Å²) in [5.74, 6) is -1.06. The zero-order valence-electron chi connectivity index (χ0n) is 21.3. The molecule has 0 bridgehead atoms. The molecule has 0 radical (unpaired) electrons. The van der Waals surface area contributed by atoms with Crippen LogP contribution in [-0.2, 0) is 16.0 Å². The number of hydrogen-bond donors (Lipinski definition) is 2. The molecule has 0 unspecified atom stereocenters. The van der Waals surface area contributed by atoms with Crippen LogP contribution in [0.15, 0.2) is 35.4 Å². The van der Waals surface area contributed by atoms with Crippen molar-refractivity contribution in [2.24, 2.45) is 4.99 Å². The van der Waals surface area contributed by atoms with E-state index in [4.69, 9.17) is 4.74 Å². The highest BCUT2D eigenvalue weighted by atomic mass is 16.5. The summed E-state index contributed by atoms with van der Waals surface area (Å²) in [6.07, 6.45) is 15.4. The molecule has 2 aliphatic rings. The fourth-order valence-electron chi connectivity index (χ4n) is 4.02. The first-order valence-electron chi connectivity index (χ1n) is 12.6. The van der Waals surface area contributed by atoms with Crippen molar-refractivity contribution in [2.75, 3.05) is 26.7 Å². The number of rotatable bonds is 3. The molecule has 1 aromatic rings. The van der Waals surface area contributed by atoms with E-state index >= 15 is 0 Å². The van der Waals surface area contributed by atoms with Crippen LogP contribution in [0.1, 0.15) is 73.4 Å². The van der Waals surface area contributed by atoms with Gasteiger partial charge in [0.15, 0.2) is 0 Å². The lowest BCUT2D eigenvalue weighted by molar-refractivity contribution is -0.107. The Kier molecular flexibility index (Phi) is 12.2. The van der Waals surface area contributed by atoms with E-state index in [-0.39, 0.29) is 29.6 Å². The molecule has 0 aliphatic carbocycles. The van der Waals surface area contributed by atoms with E-state index in [1.54, 1.807) is 13.8 Å². The molecule has 2 aliphatic heterocycles. The van der Waals surface area contributed by atoms with Crippen LogP contribution in [0, 0.1) is 6.92 Å². The number of aromatic hydroxyl groups is 2. The average molecular weight is 485 g/mol. The summed E-state index contributed by atoms with van der Waals surface area (Å²) >= 11 is 0. The first-order valence-corrected chi connectivity index (χ1v) is 12.6. The lowest BCUT2D eigenvalue weighted by Crippen LogP contribution is -2.24. The molecular formula is C28H40N2O5. The van der Waals surface area contributed by atoms with Crippen molar-refractivity contribution in [3.63, 3.8) is 0 Å². The largest absolute Gasteiger partial charge is 0.508 e. The summed E-state index contributed by atoms with van der Waals surface area (Å²) < 4.78 is 5.50. The van der Waals surface area contributed by atoms with Gasteiger partial charge in [-0.25, -0.2) is 4.79 Å². The highest BCUT2D eigenvalue weighted by molar-refractivity contribution is 6.01. The number of fused-ring (bicyclic) bond motifs is 1. The van der Waals surface area contributed by atoms with Crippen molar-refractivity contribution in [3.05, 3.63) is 47.1 Å². The van der Waals surface area contributed by atoms with Gasteiger partial charge in [0.25, 0.3) is 0 Å². The van der Waals surface area contributed by atoms with Crippen molar-refractivity contribution in [2.45, 2.75) is 71.3 Å². The minimum Gasteiger partial charge on any atom is -0.508 e. The lowest BCUT2D eigenvalue weighted by atomic mass is 9.94. The van der Waals surface area contributed by atoms with E-state index in [1.165, 1.54) is 32.4 Å². The normalized spacial score (nSPS) is 22.7. The summed E-state index contributed by atoms with van der Waals surface area (Å²) in [4.78, 5) is 30.2. The van der Waals surface area contributed by atoms with Gasteiger partial charge in [0.05, 0.1) is 0 Å². The third kappa shape index (κ3) is 9.68. The summed E-state index contributed by atoms with van der Waals surface area (Å²) in [5.41, 5.74) is 1.66. The van der Waals surface area contributed by atoms with E-state index in [2.05, 4.69) is 16.9 Å². The van der Waals surface area contributed by atoms with Gasteiger partial charge in [-0.05, 0) is 76.9 Å². The Morgan fingerprint density at radius 1 is 1.11 bits per heavy atom. The molecule has 1 fully saturated rings. The highest BCUT2D eigenvalue weighted by Gasteiger charge is 2.24. The molecule has 2 N–H and O–H groups in total. The molecule has 2 heterocycles. The molecule has 0 aromatic heterocycles. The zero-order valence-corrected chi connectivity index (χ0v) is 21.3. The van der Waals surface area contributed by atoms with Crippen molar-refractivity contribution in [1.29, 1.82) is 0 Å². The molecule has 3 rings (SSSR count). The van der Waals surface area contributed by atoms with Gasteiger partial charge in [0, 0.05) is 37.6 Å². The van der Waals surface area contributed by atoms with Crippen molar-refractivity contribution < 1.29 is 24.5 Å². The number of nitrogens with zero attached hydrogens (tertiary/aromatic N) is 2. The van der Waals surface area contributed by atoms with E-state index in [9.17, 15) is 19.8 Å². The fraction of sp³-hybridized carbons (Fsp3) is 0.536. The first kappa shape index (κ1) is 28.3. The van der Waals surface area contributed by atoms with Gasteiger partial charge in [0.2, 0.25) is 0 Å². The van der Waals surface area contributed by atoms with Gasteiger partial charge in [-0.3, -0.25) is 4.99 Å². The lowest BCUT2D eigenvalue weighted by Gasteiger charge is -2.20. The van der Waals surface area contributed by atoms with Gasteiger partial charge in [0.1, 0.15) is 29.5 Å². The Morgan fingerprint density at radius 2 is 1.83 bits per heavy atom. The topological polar surface area (TPSA) is 99.4 Å². The van der Waals surface area contributed by atoms with Gasteiger partial charge >= 0.3 is 5.97 Å². The maximum absolute atomic E-state index is 12.7. The molecule has 7 heteroatoms. The number of aliphatic imine (C=N–C) groups is 1. The van der Waals surface area contributed by atoms with Crippen molar-refractivity contribution in [3.8, 4) is 11.5 Å². The Bertz CT molecular complexity index is 930. The molecule has 0 amide bonds. The molecule has 1 aromatic carbocycles. The van der Waals surface area contributed by atoms with E-state index < -0.39 is 5.97 Å². The van der Waals surface area contributed by atoms with E-state index in [0.717, 1.165) is 25.2 Å². The maximum Gasteiger partial charge on any atom is 0.342 e. The highest BCUT2D eigenvalue weighted by Crippen LogP contribution is 2.33. The third-order valence-electron chi connectivity index (χ3n) is 6.12. The summed E-state index contributed by atoms with van der Waals surface area (Å²) in [6, 6.07) is 1.15. The third-order valence-corrected chi connectivity index (χ3v) is 6.12. The number of phenolic OH excluding ortho intramolecular Hbond substituents is 2. The molecule has 0 spiro atoms. The number of phenols is 2. The van der Waals surface area contributed by atoms with Crippen LogP contribution in [0.2, 0.25) is 0 Å². The van der Waals surface area contributed by atoms with E-state index in [1.807, 2.05) is 24.3 Å². The van der Waals surface area contributed by atoms with Crippen LogP contribution in [0.25, 0.3) is 0 Å². The van der Waals surface area contributed by atoms with Crippen LogP contribution in [0.4, 0.5) is 0 Å². The number of carbonyl (C=O) groups excluding carboxylic acids is 2. The average Bonchev–Trinajstić information content (AvgIpc) is 2.82. The Morgan fingerprint density at radius 3 is 2.49 bits per heavy atom. The number of piperidine rings is 1. The monoisotopic (exact) mass is 484 g/mol. The van der Waals surface area contributed by atoms with E-state index in [0.29, 0.717) is 36.2 Å². The summed E-state index contributed by atoms with van der Waals surface area (Å²) in [7, 11) is 2.19. The van der Waals surface area contributed by atoms with Crippen LogP contribution in [0.5, 0.6) is 11.5 Å². The second-order valence-electron chi connectivity index (χ2n) is 9.17. The fourth-order valence-corrected chi connectivity index (χ4v) is 4.02. The number of benzene rings is 1. The number of allylic oxidation sites excluding steroid dienone is 3. The summed E-state index contributed by atoms with van der Waals surface area (Å²) in [5, 5.41) is 20.5. The number of likely N-dealkylation sites (tertiary alicyclic amines) is 1. The zero-order chi connectivity index (χ0) is 25.6. The Labute approximate surface area is 209 Å². The number of esters is 1. The first-order chi connectivity index (χ1) is 16.8. The second-order valence-corrected chi connectivity index (χ2v) is 9.17. The van der Waals surface area contributed by atoms with Crippen LogP contribution < -0.4 is 0 Å². The van der Waals surface area contributed by atoms with Crippen LogP contribution in [-0.4, -0.2) is 65.9 Å². The number of aldehydes is 1. The predicted octanol–water partition coefficient (Wildman–Crippen LogP) is 4.92. The molecule has 1 atom stereocenters. The number of ether oxygens (including phenoxy) is 1. The number of hydrogen-bond acceptors (Lipinski definition) is 7. The molecule has 192 valence electrons. The molecule has 1 saturated heterocycles. The predicted molar refractivity (Wildman–Crippen MR) is 140 cm³/mol. The molecular weight excluding hydrogens is 444 g/mol. The van der Waals surface area contributed by atoms with Gasteiger partial charge in [-0.1, -0.05) is 24.6 Å².